The zero-order valence-electron chi connectivity index (χ0n) is 11.0. The average Bonchev–Trinajstić information content (AvgIpc) is 2.95. The Bertz CT molecular complexity index is 358. The van der Waals surface area contributed by atoms with Gasteiger partial charge in [0.1, 0.15) is 5.01 Å². The van der Waals surface area contributed by atoms with E-state index in [1.807, 2.05) is 11.3 Å². The summed E-state index contributed by atoms with van der Waals surface area (Å²) in [7, 11) is 0. The van der Waals surface area contributed by atoms with E-state index in [0.717, 1.165) is 32.6 Å². The maximum absolute atomic E-state index is 5.51. The van der Waals surface area contributed by atoms with E-state index in [2.05, 4.69) is 26.1 Å². The van der Waals surface area contributed by atoms with Crippen LogP contribution in [0.2, 0.25) is 0 Å². The summed E-state index contributed by atoms with van der Waals surface area (Å²) in [6, 6.07) is 0.381. The number of aromatic nitrogens is 1. The van der Waals surface area contributed by atoms with Crippen molar-refractivity contribution < 1.29 is 4.74 Å². The Hall–Kier alpha value is -0.450. The van der Waals surface area contributed by atoms with Gasteiger partial charge in [0.15, 0.2) is 0 Å². The molecule has 0 saturated carbocycles. The van der Waals surface area contributed by atoms with Crippen LogP contribution in [0.3, 0.4) is 0 Å². The summed E-state index contributed by atoms with van der Waals surface area (Å²) < 4.78 is 5.51. The lowest BCUT2D eigenvalue weighted by molar-refractivity contribution is 0.177. The van der Waals surface area contributed by atoms with Crippen LogP contribution < -0.4 is 5.32 Å². The summed E-state index contributed by atoms with van der Waals surface area (Å²) in [5.74, 6) is 0.588. The first-order chi connectivity index (χ1) is 8.26. The Morgan fingerprint density at radius 3 is 2.88 bits per heavy atom. The van der Waals surface area contributed by atoms with E-state index in [0.29, 0.717) is 12.0 Å². The molecule has 1 saturated heterocycles. The van der Waals surface area contributed by atoms with Crippen LogP contribution in [0.4, 0.5) is 0 Å². The Labute approximate surface area is 108 Å². The number of hydrogen-bond donors (Lipinski definition) is 1. The highest BCUT2D eigenvalue weighted by atomic mass is 32.1. The predicted molar refractivity (Wildman–Crippen MR) is 71.6 cm³/mol. The minimum atomic E-state index is 0.381. The highest BCUT2D eigenvalue weighted by molar-refractivity contribution is 7.11. The zero-order valence-corrected chi connectivity index (χ0v) is 11.8. The van der Waals surface area contributed by atoms with Gasteiger partial charge in [-0.15, -0.1) is 11.3 Å². The molecular weight excluding hydrogens is 232 g/mol. The van der Waals surface area contributed by atoms with Crippen LogP contribution >= 0.6 is 11.3 Å². The second kappa shape index (κ2) is 5.94. The monoisotopic (exact) mass is 254 g/mol. The second-order valence-electron chi connectivity index (χ2n) is 4.57. The molecule has 0 radical (unpaired) electrons. The summed E-state index contributed by atoms with van der Waals surface area (Å²) in [4.78, 5) is 6.16. The van der Waals surface area contributed by atoms with Crippen molar-refractivity contribution in [2.24, 2.45) is 5.92 Å². The van der Waals surface area contributed by atoms with Crippen molar-refractivity contribution >= 4 is 11.3 Å². The minimum Gasteiger partial charge on any atom is -0.381 e. The number of hydrogen-bond acceptors (Lipinski definition) is 4. The number of rotatable bonds is 5. The van der Waals surface area contributed by atoms with E-state index in [4.69, 9.17) is 9.72 Å². The molecule has 96 valence electrons. The number of thiazole rings is 1. The zero-order chi connectivity index (χ0) is 12.3. The van der Waals surface area contributed by atoms with Crippen LogP contribution in [0.5, 0.6) is 0 Å². The van der Waals surface area contributed by atoms with Gasteiger partial charge in [0.2, 0.25) is 0 Å². The van der Waals surface area contributed by atoms with Crippen LogP contribution in [-0.4, -0.2) is 24.7 Å². The third-order valence-corrected chi connectivity index (χ3v) is 4.47. The molecule has 1 aliphatic rings. The first-order valence-electron chi connectivity index (χ1n) is 6.53. The van der Waals surface area contributed by atoms with Crippen molar-refractivity contribution in [2.75, 3.05) is 19.8 Å². The SMILES string of the molecule is CCNC(c1nc(CC)c(C)s1)C1CCOC1. The quantitative estimate of drug-likeness (QED) is 0.877. The van der Waals surface area contributed by atoms with Gasteiger partial charge in [0.05, 0.1) is 18.3 Å². The molecule has 0 bridgehead atoms. The molecule has 2 heterocycles. The Morgan fingerprint density at radius 2 is 2.35 bits per heavy atom. The van der Waals surface area contributed by atoms with E-state index in [-0.39, 0.29) is 0 Å². The van der Waals surface area contributed by atoms with Crippen LogP contribution in [0.15, 0.2) is 0 Å². The van der Waals surface area contributed by atoms with E-state index in [1.165, 1.54) is 15.6 Å². The van der Waals surface area contributed by atoms with Gasteiger partial charge in [0.25, 0.3) is 0 Å². The molecule has 3 nitrogen and oxygen atoms in total. The largest absolute Gasteiger partial charge is 0.381 e. The summed E-state index contributed by atoms with van der Waals surface area (Å²) in [6.45, 7) is 9.27. The number of nitrogens with zero attached hydrogens (tertiary/aromatic N) is 1. The van der Waals surface area contributed by atoms with Crippen molar-refractivity contribution in [1.82, 2.24) is 10.3 Å². The summed E-state index contributed by atoms with van der Waals surface area (Å²) >= 11 is 1.84. The molecule has 0 aromatic carbocycles. The Morgan fingerprint density at radius 1 is 1.53 bits per heavy atom. The molecule has 1 aliphatic heterocycles. The lowest BCUT2D eigenvalue weighted by Gasteiger charge is -2.20. The maximum atomic E-state index is 5.51. The fourth-order valence-electron chi connectivity index (χ4n) is 2.40. The van der Waals surface area contributed by atoms with Crippen molar-refractivity contribution in [1.29, 1.82) is 0 Å². The van der Waals surface area contributed by atoms with Gasteiger partial charge in [-0.25, -0.2) is 4.98 Å². The number of ether oxygens (including phenoxy) is 1. The molecule has 2 atom stereocenters. The van der Waals surface area contributed by atoms with Crippen molar-refractivity contribution in [3.05, 3.63) is 15.6 Å². The predicted octanol–water partition coefficient (Wildman–Crippen LogP) is 2.70. The van der Waals surface area contributed by atoms with Gasteiger partial charge in [-0.3, -0.25) is 0 Å². The molecule has 2 unspecified atom stereocenters. The Balaban J connectivity index is 2.18. The molecule has 4 heteroatoms. The fourth-order valence-corrected chi connectivity index (χ4v) is 3.58. The van der Waals surface area contributed by atoms with Gasteiger partial charge in [-0.1, -0.05) is 13.8 Å². The van der Waals surface area contributed by atoms with Crippen LogP contribution in [0.1, 0.15) is 41.9 Å². The second-order valence-corrected chi connectivity index (χ2v) is 5.80. The minimum absolute atomic E-state index is 0.381. The van der Waals surface area contributed by atoms with Gasteiger partial charge in [-0.2, -0.15) is 0 Å². The standard InChI is InChI=1S/C13H22N2OS/c1-4-11-9(3)17-13(15-11)12(14-5-2)10-6-7-16-8-10/h10,12,14H,4-8H2,1-3H3. The molecule has 1 fully saturated rings. The topological polar surface area (TPSA) is 34.2 Å². The van der Waals surface area contributed by atoms with Gasteiger partial charge in [-0.05, 0) is 26.3 Å². The molecule has 1 aromatic rings. The van der Waals surface area contributed by atoms with Crippen molar-refractivity contribution in [2.45, 2.75) is 39.7 Å². The molecule has 1 aromatic heterocycles. The van der Waals surface area contributed by atoms with Crippen LogP contribution in [-0.2, 0) is 11.2 Å². The number of aryl methyl sites for hydroxylation is 2. The molecule has 0 aliphatic carbocycles. The van der Waals surface area contributed by atoms with Crippen LogP contribution in [0, 0.1) is 12.8 Å². The highest BCUT2D eigenvalue weighted by Gasteiger charge is 2.29. The summed E-state index contributed by atoms with van der Waals surface area (Å²) in [5, 5.41) is 4.82. The Kier molecular flexibility index (Phi) is 4.54. The van der Waals surface area contributed by atoms with E-state index < -0.39 is 0 Å². The molecule has 2 rings (SSSR count). The molecule has 17 heavy (non-hydrogen) atoms. The highest BCUT2D eigenvalue weighted by Crippen LogP contribution is 2.32. The third kappa shape index (κ3) is 2.87. The van der Waals surface area contributed by atoms with Gasteiger partial charge in [0, 0.05) is 17.4 Å². The summed E-state index contributed by atoms with van der Waals surface area (Å²) in [6.07, 6.45) is 2.18. The van der Waals surface area contributed by atoms with Gasteiger partial charge >= 0.3 is 0 Å². The normalized spacial score (nSPS) is 21.9. The third-order valence-electron chi connectivity index (χ3n) is 3.37. The summed E-state index contributed by atoms with van der Waals surface area (Å²) in [5.41, 5.74) is 1.26. The van der Waals surface area contributed by atoms with Crippen LogP contribution in [0.25, 0.3) is 0 Å². The van der Waals surface area contributed by atoms with E-state index in [9.17, 15) is 0 Å². The molecule has 0 spiro atoms. The first-order valence-corrected chi connectivity index (χ1v) is 7.35. The lowest BCUT2D eigenvalue weighted by Crippen LogP contribution is -2.28. The smallest absolute Gasteiger partial charge is 0.110 e. The lowest BCUT2D eigenvalue weighted by atomic mass is 9.99. The van der Waals surface area contributed by atoms with E-state index >= 15 is 0 Å². The van der Waals surface area contributed by atoms with E-state index in [1.54, 1.807) is 0 Å². The average molecular weight is 254 g/mol. The first kappa shape index (κ1) is 13.0. The molecule has 0 amide bonds. The molecule has 1 N–H and O–H groups in total. The van der Waals surface area contributed by atoms with Gasteiger partial charge < -0.3 is 10.1 Å². The maximum Gasteiger partial charge on any atom is 0.110 e. The van der Waals surface area contributed by atoms with Crippen molar-refractivity contribution in [3.63, 3.8) is 0 Å². The fraction of sp³-hybridized carbons (Fsp3) is 0.769. The number of nitrogens with one attached hydrogen (secondary N) is 1. The van der Waals surface area contributed by atoms with Crippen molar-refractivity contribution in [3.8, 4) is 0 Å². The molecular formula is C13H22N2OS.